The van der Waals surface area contributed by atoms with E-state index in [1.54, 1.807) is 0 Å². The Hall–Kier alpha value is -1.04. The van der Waals surface area contributed by atoms with Crippen molar-refractivity contribution >= 4 is 5.91 Å². The van der Waals surface area contributed by atoms with E-state index < -0.39 is 0 Å². The molecule has 1 fully saturated rings. The van der Waals surface area contributed by atoms with Crippen LogP contribution in [0.3, 0.4) is 0 Å². The molecule has 1 amide bonds. The second kappa shape index (κ2) is 8.11. The van der Waals surface area contributed by atoms with E-state index in [9.17, 15) is 4.79 Å². The van der Waals surface area contributed by atoms with Gasteiger partial charge in [-0.25, -0.2) is 0 Å². The highest BCUT2D eigenvalue weighted by Gasteiger charge is 2.21. The van der Waals surface area contributed by atoms with Gasteiger partial charge in [0.15, 0.2) is 0 Å². The Morgan fingerprint density at radius 3 is 2.41 bits per heavy atom. The molecule has 1 aliphatic rings. The van der Waals surface area contributed by atoms with Crippen LogP contribution in [0.25, 0.3) is 0 Å². The molecule has 3 nitrogen and oxygen atoms in total. The number of amides is 1. The smallest absolute Gasteiger partial charge is 0.223 e. The van der Waals surface area contributed by atoms with E-state index in [-0.39, 0.29) is 17.9 Å². The van der Waals surface area contributed by atoms with E-state index in [1.807, 2.05) is 6.92 Å². The monoisotopic (exact) mass is 236 g/mol. The van der Waals surface area contributed by atoms with Crippen molar-refractivity contribution in [3.05, 3.63) is 0 Å². The van der Waals surface area contributed by atoms with Crippen LogP contribution in [0.15, 0.2) is 0 Å². The highest BCUT2D eigenvalue weighted by molar-refractivity contribution is 5.78. The van der Waals surface area contributed by atoms with Crippen LogP contribution in [0, 0.1) is 17.2 Å². The number of nitriles is 1. The highest BCUT2D eigenvalue weighted by Crippen LogP contribution is 2.22. The average Bonchev–Trinajstić information content (AvgIpc) is 2.27. The van der Waals surface area contributed by atoms with Crippen molar-refractivity contribution in [1.82, 2.24) is 5.32 Å². The number of carbonyl (C=O) groups is 1. The minimum Gasteiger partial charge on any atom is -0.352 e. The fraction of sp³-hybridized carbons (Fsp3) is 0.857. The molecule has 0 aromatic heterocycles. The van der Waals surface area contributed by atoms with Gasteiger partial charge in [0.1, 0.15) is 0 Å². The average molecular weight is 236 g/mol. The fourth-order valence-corrected chi connectivity index (χ4v) is 2.44. The van der Waals surface area contributed by atoms with Gasteiger partial charge in [-0.15, -0.1) is 0 Å². The van der Waals surface area contributed by atoms with Crippen LogP contribution in [0.2, 0.25) is 0 Å². The van der Waals surface area contributed by atoms with Crippen molar-refractivity contribution in [2.24, 2.45) is 5.92 Å². The Labute approximate surface area is 105 Å². The lowest BCUT2D eigenvalue weighted by Crippen LogP contribution is -2.38. The number of hydrogen-bond acceptors (Lipinski definition) is 2. The van der Waals surface area contributed by atoms with Crippen LogP contribution < -0.4 is 5.32 Å². The maximum absolute atomic E-state index is 12.1. The zero-order valence-corrected chi connectivity index (χ0v) is 10.9. The minimum absolute atomic E-state index is 0.0398. The number of carbonyl (C=O) groups excluding carboxylic acids is 1. The largest absolute Gasteiger partial charge is 0.352 e. The molecule has 1 rings (SSSR count). The van der Waals surface area contributed by atoms with Crippen molar-refractivity contribution in [2.75, 3.05) is 0 Å². The van der Waals surface area contributed by atoms with Gasteiger partial charge in [0.05, 0.1) is 12.5 Å². The lowest BCUT2D eigenvalue weighted by Gasteiger charge is -2.22. The molecule has 0 saturated heterocycles. The molecular formula is C14H24N2O. The van der Waals surface area contributed by atoms with Gasteiger partial charge in [-0.1, -0.05) is 39.0 Å². The van der Waals surface area contributed by atoms with Crippen LogP contribution in [-0.4, -0.2) is 11.9 Å². The summed E-state index contributed by atoms with van der Waals surface area (Å²) >= 11 is 0. The Morgan fingerprint density at radius 2 is 1.88 bits per heavy atom. The van der Waals surface area contributed by atoms with Crippen LogP contribution in [0.5, 0.6) is 0 Å². The molecule has 96 valence electrons. The maximum Gasteiger partial charge on any atom is 0.223 e. The van der Waals surface area contributed by atoms with Gasteiger partial charge in [0.25, 0.3) is 0 Å². The predicted molar refractivity (Wildman–Crippen MR) is 68.3 cm³/mol. The van der Waals surface area contributed by atoms with E-state index in [0.29, 0.717) is 6.42 Å². The van der Waals surface area contributed by atoms with Gasteiger partial charge in [-0.3, -0.25) is 4.79 Å². The van der Waals surface area contributed by atoms with Gasteiger partial charge < -0.3 is 5.32 Å². The SMILES string of the molecule is CCC(CC#N)NC(=O)C1CCCCCCC1. The molecule has 0 radical (unpaired) electrons. The molecule has 0 bridgehead atoms. The topological polar surface area (TPSA) is 52.9 Å². The molecule has 1 aliphatic carbocycles. The summed E-state index contributed by atoms with van der Waals surface area (Å²) < 4.78 is 0. The molecule has 0 heterocycles. The molecular weight excluding hydrogens is 212 g/mol. The first kappa shape index (κ1) is 14.0. The Bertz CT molecular complexity index is 262. The first-order valence-corrected chi connectivity index (χ1v) is 6.95. The number of nitrogens with zero attached hydrogens (tertiary/aromatic N) is 1. The second-order valence-corrected chi connectivity index (χ2v) is 5.02. The molecule has 1 unspecified atom stereocenters. The van der Waals surface area contributed by atoms with Gasteiger partial charge >= 0.3 is 0 Å². The van der Waals surface area contributed by atoms with E-state index >= 15 is 0 Å². The van der Waals surface area contributed by atoms with Crippen LogP contribution >= 0.6 is 0 Å². The summed E-state index contributed by atoms with van der Waals surface area (Å²) in [6, 6.07) is 2.17. The molecule has 0 aromatic rings. The number of hydrogen-bond donors (Lipinski definition) is 1. The summed E-state index contributed by atoms with van der Waals surface area (Å²) in [7, 11) is 0. The number of nitrogens with one attached hydrogen (secondary N) is 1. The van der Waals surface area contributed by atoms with Crippen LogP contribution in [-0.2, 0) is 4.79 Å². The third-order valence-electron chi connectivity index (χ3n) is 3.65. The van der Waals surface area contributed by atoms with Gasteiger partial charge in [0, 0.05) is 12.0 Å². The summed E-state index contributed by atoms with van der Waals surface area (Å²) in [6.45, 7) is 2.01. The van der Waals surface area contributed by atoms with E-state index in [2.05, 4.69) is 11.4 Å². The molecule has 1 N–H and O–H groups in total. The Morgan fingerprint density at radius 1 is 1.29 bits per heavy atom. The van der Waals surface area contributed by atoms with E-state index in [1.165, 1.54) is 32.1 Å². The zero-order chi connectivity index (χ0) is 12.5. The van der Waals surface area contributed by atoms with Crippen molar-refractivity contribution in [3.63, 3.8) is 0 Å². The lowest BCUT2D eigenvalue weighted by molar-refractivity contribution is -0.126. The molecule has 0 spiro atoms. The highest BCUT2D eigenvalue weighted by atomic mass is 16.1. The predicted octanol–water partition coefficient (Wildman–Crippen LogP) is 3.16. The normalized spacial score (nSPS) is 19.8. The molecule has 1 saturated carbocycles. The third-order valence-corrected chi connectivity index (χ3v) is 3.65. The van der Waals surface area contributed by atoms with E-state index in [0.717, 1.165) is 19.3 Å². The summed E-state index contributed by atoms with van der Waals surface area (Å²) in [5.74, 6) is 0.358. The molecule has 3 heteroatoms. The fourth-order valence-electron chi connectivity index (χ4n) is 2.44. The first-order chi connectivity index (χ1) is 8.27. The van der Waals surface area contributed by atoms with Crippen molar-refractivity contribution in [1.29, 1.82) is 5.26 Å². The summed E-state index contributed by atoms with van der Waals surface area (Å²) in [6.07, 6.45) is 9.50. The van der Waals surface area contributed by atoms with Gasteiger partial charge in [-0.2, -0.15) is 5.26 Å². The molecule has 0 aliphatic heterocycles. The van der Waals surface area contributed by atoms with Crippen molar-refractivity contribution in [3.8, 4) is 6.07 Å². The summed E-state index contributed by atoms with van der Waals surface area (Å²) in [4.78, 5) is 12.1. The molecule has 17 heavy (non-hydrogen) atoms. The zero-order valence-electron chi connectivity index (χ0n) is 10.9. The lowest BCUT2D eigenvalue weighted by atomic mass is 9.90. The Kier molecular flexibility index (Phi) is 6.69. The first-order valence-electron chi connectivity index (χ1n) is 6.95. The van der Waals surface area contributed by atoms with Crippen LogP contribution in [0.1, 0.15) is 64.7 Å². The van der Waals surface area contributed by atoms with Crippen molar-refractivity contribution in [2.45, 2.75) is 70.8 Å². The standard InChI is InChI=1S/C14H24N2O/c1-2-13(10-11-15)16-14(17)12-8-6-4-3-5-7-9-12/h12-13H,2-10H2,1H3,(H,16,17). The summed E-state index contributed by atoms with van der Waals surface area (Å²) in [5, 5.41) is 11.7. The number of rotatable bonds is 4. The summed E-state index contributed by atoms with van der Waals surface area (Å²) in [5.41, 5.74) is 0. The van der Waals surface area contributed by atoms with E-state index in [4.69, 9.17) is 5.26 Å². The quantitative estimate of drug-likeness (QED) is 0.815. The second-order valence-electron chi connectivity index (χ2n) is 5.02. The van der Waals surface area contributed by atoms with Crippen molar-refractivity contribution < 1.29 is 4.79 Å². The van der Waals surface area contributed by atoms with Crippen LogP contribution in [0.4, 0.5) is 0 Å². The van der Waals surface area contributed by atoms with Gasteiger partial charge in [0.2, 0.25) is 5.91 Å². The minimum atomic E-state index is 0.0398. The molecule has 0 aromatic carbocycles. The Balaban J connectivity index is 2.40. The third kappa shape index (κ3) is 5.21. The maximum atomic E-state index is 12.1. The molecule has 1 atom stereocenters. The van der Waals surface area contributed by atoms with Gasteiger partial charge in [-0.05, 0) is 19.3 Å².